The van der Waals surface area contributed by atoms with E-state index in [0.29, 0.717) is 77.5 Å². The van der Waals surface area contributed by atoms with E-state index < -0.39 is 0 Å². The second kappa shape index (κ2) is 53.2. The summed E-state index contributed by atoms with van der Waals surface area (Å²) >= 11 is 0. The van der Waals surface area contributed by atoms with Gasteiger partial charge < -0.3 is 68.9 Å². The summed E-state index contributed by atoms with van der Waals surface area (Å²) in [5.41, 5.74) is 13.9. The maximum Gasteiger partial charge on any atom is 0.119 e. The van der Waals surface area contributed by atoms with Gasteiger partial charge in [0.25, 0.3) is 0 Å². The highest BCUT2D eigenvalue weighted by molar-refractivity contribution is 5.27. The Morgan fingerprint density at radius 2 is 0.776 bits per heavy atom. The molecule has 5 saturated carbocycles. The zero-order chi connectivity index (χ0) is 89.8. The molecule has 7 fully saturated rings. The lowest BCUT2D eigenvalue weighted by Crippen LogP contribution is -2.49. The lowest BCUT2D eigenvalue weighted by molar-refractivity contribution is -0.206. The van der Waals surface area contributed by atoms with Gasteiger partial charge in [-0.2, -0.15) is 25.5 Å². The molecule has 0 unspecified atom stereocenters. The van der Waals surface area contributed by atoms with Gasteiger partial charge >= 0.3 is 0 Å². The van der Waals surface area contributed by atoms with Crippen molar-refractivity contribution in [2.24, 2.45) is 11.3 Å². The average molecular weight is 1740 g/mol. The molecule has 2 aliphatic heterocycles. The van der Waals surface area contributed by atoms with E-state index >= 15 is 0 Å². The first kappa shape index (κ1) is 103. The highest BCUT2D eigenvalue weighted by atomic mass is 16.5. The third kappa shape index (κ3) is 35.0. The number of hydrogen-bond donors (Lipinski definition) is 8. The van der Waals surface area contributed by atoms with E-state index in [-0.39, 0.29) is 16.8 Å². The number of aromatic nitrogens is 10. The highest BCUT2D eigenvalue weighted by Gasteiger charge is 2.47. The molecule has 24 nitrogen and oxygen atoms in total. The van der Waals surface area contributed by atoms with Crippen molar-refractivity contribution in [2.75, 3.05) is 122 Å². The summed E-state index contributed by atoms with van der Waals surface area (Å²) in [5, 5.41) is 47.8. The first-order valence-corrected chi connectivity index (χ1v) is 49.6. The predicted molar refractivity (Wildman–Crippen MR) is 511 cm³/mol. The van der Waals surface area contributed by atoms with Crippen LogP contribution in [-0.4, -0.2) is 251 Å². The molecule has 125 heavy (non-hydrogen) atoms. The molecule has 2 saturated heterocycles. The van der Waals surface area contributed by atoms with Gasteiger partial charge in [0.1, 0.15) is 5.75 Å². The molecule has 0 bridgehead atoms. The Morgan fingerprint density at radius 1 is 0.432 bits per heavy atom. The van der Waals surface area contributed by atoms with E-state index in [1.807, 2.05) is 82.5 Å². The fraction of sp³-hybridized carbons (Fsp3) is 0.792. The van der Waals surface area contributed by atoms with Gasteiger partial charge in [-0.1, -0.05) is 86.4 Å². The van der Waals surface area contributed by atoms with Crippen molar-refractivity contribution in [3.63, 3.8) is 0 Å². The minimum Gasteiger partial charge on any atom is -0.490 e. The van der Waals surface area contributed by atoms with Crippen LogP contribution in [0.25, 0.3) is 0 Å². The number of hydrogen-bond acceptors (Lipinski definition) is 19. The quantitative estimate of drug-likeness (QED) is 0.0178. The Bertz CT molecular complexity index is 3770. The molecule has 0 radical (unpaired) electrons. The van der Waals surface area contributed by atoms with Gasteiger partial charge in [0.15, 0.2) is 0 Å². The SMILES string of the molecule is CCC(CC)OC1CCC(c2[nH]ncc2CN(C)CCNC)CC1.CCCCN(C)Cc1cn[nH]c1C1CCC(Oc2ccccc2)CC1.CCCCN(C)Cc1cn[nH]c1C1CCC2(CC1)CC(C)(C)CO2.CNCCN(C)Cc1cn[nH]c1C1CCC(OC2CC(C)(C)OC(C)(C)C2)CC1.CNCCN(C)Cc1cn[nH]c1C1CCC(OCC(C)C)CC1. The summed E-state index contributed by atoms with van der Waals surface area (Å²) in [6.07, 6.45) is 46.5. The summed E-state index contributed by atoms with van der Waals surface area (Å²) in [5.74, 6) is 4.64. The second-order valence-corrected chi connectivity index (χ2v) is 41.3. The maximum absolute atomic E-state index is 6.59. The van der Waals surface area contributed by atoms with Crippen LogP contribution in [0.15, 0.2) is 61.3 Å². The molecule has 5 aromatic heterocycles. The molecule has 7 heterocycles. The minimum absolute atomic E-state index is 0.103. The van der Waals surface area contributed by atoms with Crippen molar-refractivity contribution in [1.82, 2.24) is 91.4 Å². The molecule has 708 valence electrons. The third-order valence-electron chi connectivity index (χ3n) is 27.6. The number of aromatic amines is 5. The number of H-pyrrole nitrogens is 5. The summed E-state index contributed by atoms with van der Waals surface area (Å²) in [6.45, 7) is 42.0. The zero-order valence-electron chi connectivity index (χ0n) is 82.2. The van der Waals surface area contributed by atoms with E-state index in [2.05, 4.69) is 210 Å². The molecular formula is C101H178N18O6. The maximum atomic E-state index is 6.59. The Labute approximate surface area is 757 Å². The Balaban J connectivity index is 0.000000177. The summed E-state index contributed by atoms with van der Waals surface area (Å²) in [6, 6.07) is 10.2. The molecule has 0 amide bonds. The van der Waals surface area contributed by atoms with Crippen LogP contribution >= 0.6 is 0 Å². The van der Waals surface area contributed by atoms with Crippen LogP contribution in [0.3, 0.4) is 0 Å². The Morgan fingerprint density at radius 3 is 1.11 bits per heavy atom. The molecule has 0 atom stereocenters. The zero-order valence-corrected chi connectivity index (χ0v) is 82.2. The van der Waals surface area contributed by atoms with Crippen molar-refractivity contribution < 1.29 is 28.4 Å². The van der Waals surface area contributed by atoms with Crippen molar-refractivity contribution in [3.8, 4) is 5.75 Å². The van der Waals surface area contributed by atoms with Crippen molar-refractivity contribution in [2.45, 2.75) is 385 Å². The van der Waals surface area contributed by atoms with Crippen LogP contribution in [0.2, 0.25) is 0 Å². The summed E-state index contributed by atoms with van der Waals surface area (Å²) in [4.78, 5) is 11.9. The number of unbranched alkanes of at least 4 members (excludes halogenated alkanes) is 2. The van der Waals surface area contributed by atoms with Gasteiger partial charge in [-0.3, -0.25) is 25.5 Å². The largest absolute Gasteiger partial charge is 0.490 e. The lowest BCUT2D eigenvalue weighted by Gasteiger charge is -2.46. The van der Waals surface area contributed by atoms with Crippen molar-refractivity contribution in [3.05, 3.63) is 118 Å². The molecule has 8 N–H and O–H groups in total. The van der Waals surface area contributed by atoms with E-state index in [0.717, 1.165) is 155 Å². The Hall–Kier alpha value is -5.45. The van der Waals surface area contributed by atoms with Gasteiger partial charge in [-0.15, -0.1) is 0 Å². The van der Waals surface area contributed by atoms with Crippen molar-refractivity contribution >= 4 is 0 Å². The number of benzene rings is 1. The van der Waals surface area contributed by atoms with E-state index in [1.54, 1.807) is 0 Å². The van der Waals surface area contributed by atoms with Gasteiger partial charge in [-0.25, -0.2) is 0 Å². The monoisotopic (exact) mass is 1740 g/mol. The smallest absolute Gasteiger partial charge is 0.119 e. The van der Waals surface area contributed by atoms with Gasteiger partial charge in [0, 0.05) is 177 Å². The summed E-state index contributed by atoms with van der Waals surface area (Å²) < 4.78 is 37.5. The van der Waals surface area contributed by atoms with Crippen LogP contribution in [0, 0.1) is 11.3 Å². The number of nitrogens with zero attached hydrogens (tertiary/aromatic N) is 10. The number of nitrogens with one attached hydrogen (secondary N) is 8. The molecule has 6 aromatic rings. The molecule has 5 aliphatic carbocycles. The van der Waals surface area contributed by atoms with Crippen LogP contribution < -0.4 is 20.7 Å². The second-order valence-electron chi connectivity index (χ2n) is 41.3. The van der Waals surface area contributed by atoms with Crippen LogP contribution in [0.1, 0.15) is 355 Å². The number of ether oxygens (including phenoxy) is 6. The Kier molecular flexibility index (Phi) is 43.9. The van der Waals surface area contributed by atoms with E-state index in [4.69, 9.17) is 28.4 Å². The molecule has 7 aliphatic rings. The number of para-hydroxylation sites is 1. The normalized spacial score (nSPS) is 23.3. The third-order valence-corrected chi connectivity index (χ3v) is 27.6. The van der Waals surface area contributed by atoms with Crippen LogP contribution in [-0.2, 0) is 56.4 Å². The lowest BCUT2D eigenvalue weighted by atomic mass is 9.72. The molecule has 1 aromatic carbocycles. The first-order chi connectivity index (χ1) is 60.1. The average Bonchev–Trinajstić information content (AvgIpc) is 1.66. The number of likely N-dealkylation sites (N-methyl/N-ethyl adjacent to an activating group) is 6. The van der Waals surface area contributed by atoms with Crippen LogP contribution in [0.5, 0.6) is 5.75 Å². The van der Waals surface area contributed by atoms with E-state index in [9.17, 15) is 0 Å². The fourth-order valence-electron chi connectivity index (χ4n) is 20.8. The molecule has 24 heteroatoms. The first-order valence-electron chi connectivity index (χ1n) is 49.6. The van der Waals surface area contributed by atoms with E-state index in [1.165, 1.54) is 191 Å². The minimum atomic E-state index is -0.103. The highest BCUT2D eigenvalue weighted by Crippen LogP contribution is 2.51. The molecular weight excluding hydrogens is 1560 g/mol. The summed E-state index contributed by atoms with van der Waals surface area (Å²) in [7, 11) is 16.9. The molecule has 1 spiro atoms. The van der Waals surface area contributed by atoms with Gasteiger partial charge in [0.05, 0.1) is 91.0 Å². The predicted octanol–water partition coefficient (Wildman–Crippen LogP) is 19.1. The fourth-order valence-corrected chi connectivity index (χ4v) is 20.8. The molecule has 13 rings (SSSR count). The van der Waals surface area contributed by atoms with Crippen molar-refractivity contribution in [1.29, 1.82) is 0 Å². The number of rotatable bonds is 41. The van der Waals surface area contributed by atoms with Gasteiger partial charge in [-0.05, 0) is 281 Å². The van der Waals surface area contributed by atoms with Crippen LogP contribution in [0.4, 0.5) is 0 Å². The standard InChI is InChI=1S/C23H42N4O2.C21H31N3O.C20H35N3O.C19H36N4O.C18H34N4O/c1-22(2)13-20(14-23(3,4)29-22)28-19-9-7-17(8-10-19)21-18(15-25-26-21)16-27(6)12-11-24-5;1-3-4-14-24(2)16-18-15-22-23-21(18)17-10-12-20(13-11-17)25-19-8-6-5-7-9-19;1-5-6-11-23(4)13-17-12-21-22-18(17)16-7-9-20(10-8-16)14-19(2,3)15-24-20;1-5-17(6-2)24-18-9-7-15(8-10-18)19-16(13-21-22-19)14-23(4)12-11-20-3;1-14(2)13-23-17-7-5-15(6-8-17)18-16(11-20-21-18)12-22(4)10-9-19-3/h15,17,19-20,24H,7-14,16H2,1-6H3,(H,25,26);5-9,15,17,20H,3-4,10-14,16H2,1-2H3,(H,22,23);12,16H,5-11,13-15H2,1-4H3,(H,21,22);13,15,17-18,20H,5-12,14H2,1-4H3,(H,21,22);11,14-15,17,19H,5-10,12-13H2,1-4H3,(H,20,21). The topological polar surface area (TPSA) is 251 Å². The van der Waals surface area contributed by atoms with Gasteiger partial charge in [0.2, 0.25) is 0 Å².